The van der Waals surface area contributed by atoms with E-state index in [2.05, 4.69) is 17.1 Å². The van der Waals surface area contributed by atoms with Gasteiger partial charge >= 0.3 is 0 Å². The Bertz CT molecular complexity index is 567. The summed E-state index contributed by atoms with van der Waals surface area (Å²) in [4.78, 5) is 0. The summed E-state index contributed by atoms with van der Waals surface area (Å²) in [6.07, 6.45) is 0.677. The summed E-state index contributed by atoms with van der Waals surface area (Å²) in [7, 11) is 4.75. The van der Waals surface area contributed by atoms with Crippen molar-refractivity contribution in [3.05, 3.63) is 17.7 Å². The minimum absolute atomic E-state index is 0.166. The molecule has 0 saturated heterocycles. The quantitative estimate of drug-likeness (QED) is 0.910. The smallest absolute Gasteiger partial charge is 0.203 e. The number of methoxy groups -OCH3 is 3. The molecule has 2 N–H and O–H groups in total. The molecule has 6 heteroatoms. The topological polar surface area (TPSA) is 78.4 Å². The van der Waals surface area contributed by atoms with Crippen LogP contribution in [0.3, 0.4) is 0 Å². The van der Waals surface area contributed by atoms with Crippen molar-refractivity contribution in [3.8, 4) is 17.2 Å². The van der Waals surface area contributed by atoms with Crippen LogP contribution in [0.15, 0.2) is 22.3 Å². The maximum absolute atomic E-state index is 5.70. The Morgan fingerprint density at radius 2 is 1.75 bits per heavy atom. The summed E-state index contributed by atoms with van der Waals surface area (Å²) < 4.78 is 16.1. The van der Waals surface area contributed by atoms with E-state index in [4.69, 9.17) is 19.9 Å². The molecular weight excluding hydrogens is 258 g/mol. The van der Waals surface area contributed by atoms with E-state index in [1.165, 1.54) is 0 Å². The van der Waals surface area contributed by atoms with E-state index in [1.807, 2.05) is 12.1 Å². The molecule has 6 nitrogen and oxygen atoms in total. The second-order valence-electron chi connectivity index (χ2n) is 4.56. The molecule has 2 rings (SSSR count). The number of ether oxygens (including phenoxy) is 3. The van der Waals surface area contributed by atoms with E-state index in [0.29, 0.717) is 29.5 Å². The van der Waals surface area contributed by atoms with Crippen LogP contribution in [0, 0.1) is 5.92 Å². The lowest BCUT2D eigenvalue weighted by Crippen LogP contribution is -2.25. The summed E-state index contributed by atoms with van der Waals surface area (Å²) in [6, 6.07) is 3.72. The first-order valence-corrected chi connectivity index (χ1v) is 6.31. The Balaban J connectivity index is 2.57. The fourth-order valence-electron chi connectivity index (χ4n) is 2.29. The molecular formula is C14H19N3O3. The Morgan fingerprint density at radius 3 is 2.30 bits per heavy atom. The van der Waals surface area contributed by atoms with Crippen molar-refractivity contribution >= 4 is 11.5 Å². The average molecular weight is 277 g/mol. The highest BCUT2D eigenvalue weighted by atomic mass is 16.5. The number of rotatable bonds is 4. The number of nitrogens with zero attached hydrogens (tertiary/aromatic N) is 2. The highest BCUT2D eigenvalue weighted by molar-refractivity contribution is 6.08. The van der Waals surface area contributed by atoms with Crippen molar-refractivity contribution in [2.24, 2.45) is 21.9 Å². The van der Waals surface area contributed by atoms with Gasteiger partial charge in [0.15, 0.2) is 11.5 Å². The fraction of sp³-hybridized carbons (Fsp3) is 0.429. The van der Waals surface area contributed by atoms with Crippen molar-refractivity contribution in [1.29, 1.82) is 0 Å². The van der Waals surface area contributed by atoms with Gasteiger partial charge in [0.1, 0.15) is 5.84 Å². The van der Waals surface area contributed by atoms with Crippen molar-refractivity contribution in [2.45, 2.75) is 13.3 Å². The Labute approximate surface area is 118 Å². The highest BCUT2D eigenvalue weighted by Gasteiger charge is 2.25. The molecule has 0 spiro atoms. The molecule has 0 aromatic heterocycles. The number of hydrogen-bond acceptors (Lipinski definition) is 6. The van der Waals surface area contributed by atoms with Crippen LogP contribution in [-0.4, -0.2) is 32.9 Å². The van der Waals surface area contributed by atoms with Crippen molar-refractivity contribution in [2.75, 3.05) is 21.3 Å². The predicted molar refractivity (Wildman–Crippen MR) is 78.0 cm³/mol. The van der Waals surface area contributed by atoms with E-state index >= 15 is 0 Å². The van der Waals surface area contributed by atoms with E-state index in [0.717, 1.165) is 11.3 Å². The average Bonchev–Trinajstić information content (AvgIpc) is 2.45. The van der Waals surface area contributed by atoms with Gasteiger partial charge < -0.3 is 19.9 Å². The van der Waals surface area contributed by atoms with Gasteiger partial charge in [-0.3, -0.25) is 0 Å². The third kappa shape index (κ3) is 2.41. The largest absolute Gasteiger partial charge is 0.493 e. The molecule has 20 heavy (non-hydrogen) atoms. The SMILES string of the molecule is COc1ccc(C2=NN=C(N)CC2C)c(OC)c1OC. The minimum atomic E-state index is 0.166. The first-order chi connectivity index (χ1) is 9.62. The summed E-state index contributed by atoms with van der Waals surface area (Å²) in [5, 5.41) is 8.17. The first kappa shape index (κ1) is 14.2. The fourth-order valence-corrected chi connectivity index (χ4v) is 2.29. The number of amidine groups is 1. The monoisotopic (exact) mass is 277 g/mol. The maximum Gasteiger partial charge on any atom is 0.203 e. The molecule has 1 aromatic rings. The summed E-state index contributed by atoms with van der Waals surface area (Å²) in [6.45, 7) is 2.05. The van der Waals surface area contributed by atoms with E-state index < -0.39 is 0 Å². The second kappa shape index (κ2) is 5.81. The summed E-state index contributed by atoms with van der Waals surface area (Å²) in [5.74, 6) is 2.46. The zero-order valence-corrected chi connectivity index (χ0v) is 12.1. The van der Waals surface area contributed by atoms with Gasteiger partial charge in [0.05, 0.1) is 27.0 Å². The summed E-state index contributed by atoms with van der Waals surface area (Å²) >= 11 is 0. The Kier molecular flexibility index (Phi) is 4.12. The van der Waals surface area contributed by atoms with Crippen LogP contribution in [0.2, 0.25) is 0 Å². The molecule has 0 saturated carbocycles. The van der Waals surface area contributed by atoms with Crippen molar-refractivity contribution < 1.29 is 14.2 Å². The van der Waals surface area contributed by atoms with Gasteiger partial charge in [-0.2, -0.15) is 5.10 Å². The third-order valence-corrected chi connectivity index (χ3v) is 3.25. The summed E-state index contributed by atoms with van der Waals surface area (Å²) in [5.41, 5.74) is 7.38. The zero-order valence-electron chi connectivity index (χ0n) is 12.1. The van der Waals surface area contributed by atoms with E-state index in [-0.39, 0.29) is 5.92 Å². The first-order valence-electron chi connectivity index (χ1n) is 6.31. The number of benzene rings is 1. The molecule has 0 bridgehead atoms. The minimum Gasteiger partial charge on any atom is -0.493 e. The van der Waals surface area contributed by atoms with Crippen LogP contribution < -0.4 is 19.9 Å². The normalized spacial score (nSPS) is 18.1. The lowest BCUT2D eigenvalue weighted by atomic mass is 9.93. The molecule has 1 heterocycles. The van der Waals surface area contributed by atoms with Gasteiger partial charge in [0, 0.05) is 17.9 Å². The van der Waals surface area contributed by atoms with Gasteiger partial charge in [-0.1, -0.05) is 6.92 Å². The van der Waals surface area contributed by atoms with Crippen LogP contribution in [0.4, 0.5) is 0 Å². The van der Waals surface area contributed by atoms with Gasteiger partial charge in [0.2, 0.25) is 5.75 Å². The molecule has 0 radical (unpaired) electrons. The van der Waals surface area contributed by atoms with Crippen LogP contribution in [0.25, 0.3) is 0 Å². The van der Waals surface area contributed by atoms with Crippen molar-refractivity contribution in [3.63, 3.8) is 0 Å². The van der Waals surface area contributed by atoms with Crippen LogP contribution >= 0.6 is 0 Å². The lowest BCUT2D eigenvalue weighted by Gasteiger charge is -2.21. The number of nitrogens with two attached hydrogens (primary N) is 1. The highest BCUT2D eigenvalue weighted by Crippen LogP contribution is 2.41. The Hall–Kier alpha value is -2.24. The van der Waals surface area contributed by atoms with Gasteiger partial charge in [0.25, 0.3) is 0 Å². The maximum atomic E-state index is 5.70. The standard InChI is InChI=1S/C14H19N3O3/c1-8-7-11(15)16-17-12(8)9-5-6-10(18-2)14(20-4)13(9)19-3/h5-6,8H,7H2,1-4H3,(H2,15,16). The molecule has 1 atom stereocenters. The molecule has 1 aliphatic rings. The van der Waals surface area contributed by atoms with Crippen molar-refractivity contribution in [1.82, 2.24) is 0 Å². The number of hydrogen-bond donors (Lipinski definition) is 1. The molecule has 108 valence electrons. The predicted octanol–water partition coefficient (Wildman–Crippen LogP) is 1.81. The van der Waals surface area contributed by atoms with E-state index in [1.54, 1.807) is 21.3 Å². The molecule has 0 fully saturated rings. The molecule has 1 aliphatic heterocycles. The van der Waals surface area contributed by atoms with Gasteiger partial charge in [-0.15, -0.1) is 5.10 Å². The lowest BCUT2D eigenvalue weighted by molar-refractivity contribution is 0.324. The molecule has 0 aliphatic carbocycles. The molecule has 0 amide bonds. The zero-order chi connectivity index (χ0) is 14.7. The third-order valence-electron chi connectivity index (χ3n) is 3.25. The Morgan fingerprint density at radius 1 is 1.05 bits per heavy atom. The second-order valence-corrected chi connectivity index (χ2v) is 4.56. The molecule has 1 unspecified atom stereocenters. The van der Waals surface area contributed by atoms with E-state index in [9.17, 15) is 0 Å². The van der Waals surface area contributed by atoms with Gasteiger partial charge in [-0.05, 0) is 12.1 Å². The molecule has 1 aromatic carbocycles. The van der Waals surface area contributed by atoms with Gasteiger partial charge in [-0.25, -0.2) is 0 Å². The van der Waals surface area contributed by atoms with Crippen LogP contribution in [0.5, 0.6) is 17.2 Å². The van der Waals surface area contributed by atoms with Crippen LogP contribution in [-0.2, 0) is 0 Å². The van der Waals surface area contributed by atoms with Crippen LogP contribution in [0.1, 0.15) is 18.9 Å².